The second kappa shape index (κ2) is 6.62. The van der Waals surface area contributed by atoms with E-state index in [1.54, 1.807) is 0 Å². The fraction of sp³-hybridized carbons (Fsp3) is 0.176. The molecule has 102 valence electrons. The Bertz CT molecular complexity index is 555. The molecule has 20 heavy (non-hydrogen) atoms. The number of rotatable bonds is 5. The van der Waals surface area contributed by atoms with Crippen LogP contribution in [0.2, 0.25) is 0 Å². The maximum Gasteiger partial charge on any atom is 0.173 e. The van der Waals surface area contributed by atoms with Crippen molar-refractivity contribution in [3.63, 3.8) is 0 Å². The van der Waals surface area contributed by atoms with Gasteiger partial charge in [-0.3, -0.25) is 9.59 Å². The number of Topliss-reactive ketones (excluding diaryl/α,β-unsaturated/α-hetero) is 2. The van der Waals surface area contributed by atoms with E-state index < -0.39 is 0 Å². The van der Waals surface area contributed by atoms with E-state index in [2.05, 4.69) is 15.9 Å². The molecule has 0 heterocycles. The highest BCUT2D eigenvalue weighted by Crippen LogP contribution is 2.21. The molecule has 0 N–H and O–H groups in total. The lowest BCUT2D eigenvalue weighted by Crippen LogP contribution is -1.99. The van der Waals surface area contributed by atoms with Gasteiger partial charge < -0.3 is 0 Å². The normalized spacial score (nSPS) is 10.3. The number of hydrogen-bond donors (Lipinski definition) is 0. The summed E-state index contributed by atoms with van der Waals surface area (Å²) in [6.07, 6.45) is 0.517. The Labute approximate surface area is 127 Å². The maximum atomic E-state index is 11.6. The summed E-state index contributed by atoms with van der Waals surface area (Å²) >= 11 is 3.16. The summed E-state index contributed by atoms with van der Waals surface area (Å²) < 4.78 is 0. The quantitative estimate of drug-likeness (QED) is 0.596. The van der Waals surface area contributed by atoms with Crippen LogP contribution in [0.5, 0.6) is 0 Å². The second-order valence-electron chi connectivity index (χ2n) is 4.49. The Morgan fingerprint density at radius 2 is 1.20 bits per heavy atom. The highest BCUT2D eigenvalue weighted by Gasteiger charge is 2.06. The van der Waals surface area contributed by atoms with Crippen LogP contribution in [0, 0.1) is 0 Å². The molecule has 2 nitrogen and oxygen atoms in total. The highest BCUT2D eigenvalue weighted by atomic mass is 79.9. The Balaban J connectivity index is 2.23. The summed E-state index contributed by atoms with van der Waals surface area (Å²) in [5.74, 6) is 0.218. The largest absolute Gasteiger partial charge is 0.294 e. The van der Waals surface area contributed by atoms with E-state index in [0.717, 1.165) is 16.7 Å². The summed E-state index contributed by atoms with van der Waals surface area (Å²) in [4.78, 5) is 23.1. The van der Waals surface area contributed by atoms with Crippen molar-refractivity contribution in [1.29, 1.82) is 0 Å². The van der Waals surface area contributed by atoms with Crippen LogP contribution in [-0.2, 0) is 0 Å². The molecule has 2 aromatic carbocycles. The van der Waals surface area contributed by atoms with Crippen LogP contribution in [0.3, 0.4) is 0 Å². The van der Waals surface area contributed by atoms with E-state index in [4.69, 9.17) is 0 Å². The van der Waals surface area contributed by atoms with Gasteiger partial charge in [0.25, 0.3) is 0 Å². The van der Waals surface area contributed by atoms with Gasteiger partial charge in [0.2, 0.25) is 0 Å². The fourth-order valence-electron chi connectivity index (χ4n) is 1.98. The van der Waals surface area contributed by atoms with Gasteiger partial charge in [0.05, 0.1) is 5.33 Å². The van der Waals surface area contributed by atoms with Gasteiger partial charge in [-0.25, -0.2) is 0 Å². The van der Waals surface area contributed by atoms with E-state index in [1.165, 1.54) is 0 Å². The minimum atomic E-state index is 0.0699. The number of carbonyl (C=O) groups is 2. The topological polar surface area (TPSA) is 34.1 Å². The molecule has 2 aromatic rings. The van der Waals surface area contributed by atoms with Gasteiger partial charge in [0, 0.05) is 17.5 Å². The molecule has 0 amide bonds. The fourth-order valence-corrected chi connectivity index (χ4v) is 2.30. The minimum Gasteiger partial charge on any atom is -0.294 e. The molecule has 0 radical (unpaired) electrons. The third-order valence-electron chi connectivity index (χ3n) is 3.19. The predicted molar refractivity (Wildman–Crippen MR) is 84.6 cm³/mol. The molecule has 0 aliphatic rings. The van der Waals surface area contributed by atoms with E-state index >= 15 is 0 Å². The van der Waals surface area contributed by atoms with E-state index in [9.17, 15) is 9.59 Å². The third kappa shape index (κ3) is 3.23. The van der Waals surface area contributed by atoms with Crippen LogP contribution in [0.15, 0.2) is 48.5 Å². The van der Waals surface area contributed by atoms with Crippen LogP contribution in [-0.4, -0.2) is 16.9 Å². The number of hydrogen-bond acceptors (Lipinski definition) is 2. The number of benzene rings is 2. The summed E-state index contributed by atoms with van der Waals surface area (Å²) in [6.45, 7) is 1.86. The zero-order valence-corrected chi connectivity index (χ0v) is 12.8. The molecule has 2 rings (SSSR count). The minimum absolute atomic E-state index is 0.0699. The summed E-state index contributed by atoms with van der Waals surface area (Å²) in [5, 5.41) is 0.334. The average molecular weight is 331 g/mol. The number of ketones is 2. The molecule has 0 aliphatic heterocycles. The van der Waals surface area contributed by atoms with E-state index in [1.807, 2.05) is 55.5 Å². The summed E-state index contributed by atoms with van der Waals surface area (Å²) in [6, 6.07) is 15.1. The van der Waals surface area contributed by atoms with Crippen molar-refractivity contribution in [2.75, 3.05) is 5.33 Å². The Kier molecular flexibility index (Phi) is 4.85. The first-order chi connectivity index (χ1) is 9.65. The number of carbonyl (C=O) groups excluding carboxylic acids is 2. The molecule has 0 aromatic heterocycles. The molecule has 0 atom stereocenters. The van der Waals surface area contributed by atoms with E-state index in [0.29, 0.717) is 17.3 Å². The Hall–Kier alpha value is -1.74. The van der Waals surface area contributed by atoms with Gasteiger partial charge >= 0.3 is 0 Å². The lowest BCUT2D eigenvalue weighted by Gasteiger charge is -2.04. The molecule has 0 fully saturated rings. The van der Waals surface area contributed by atoms with Crippen molar-refractivity contribution in [3.8, 4) is 11.1 Å². The standard InChI is InChI=1S/C17H15BrO2/c1-2-16(19)14-7-3-12(4-8-14)13-5-9-15(10-6-13)17(20)11-18/h3-10H,2,11H2,1H3. The zero-order valence-electron chi connectivity index (χ0n) is 11.2. The monoisotopic (exact) mass is 330 g/mol. The van der Waals surface area contributed by atoms with Gasteiger partial charge in [-0.05, 0) is 11.1 Å². The van der Waals surface area contributed by atoms with Crippen molar-refractivity contribution in [1.82, 2.24) is 0 Å². The van der Waals surface area contributed by atoms with Crippen LogP contribution in [0.1, 0.15) is 34.1 Å². The first-order valence-corrected chi connectivity index (χ1v) is 7.60. The highest BCUT2D eigenvalue weighted by molar-refractivity contribution is 9.09. The number of halogens is 1. The first-order valence-electron chi connectivity index (χ1n) is 6.48. The lowest BCUT2D eigenvalue weighted by molar-refractivity contribution is 0.0986. The van der Waals surface area contributed by atoms with Crippen LogP contribution >= 0.6 is 15.9 Å². The van der Waals surface area contributed by atoms with Crippen molar-refractivity contribution in [3.05, 3.63) is 59.7 Å². The summed E-state index contributed by atoms with van der Waals surface area (Å²) in [5.41, 5.74) is 3.51. The molecular weight excluding hydrogens is 316 g/mol. The van der Waals surface area contributed by atoms with Crippen LogP contribution in [0.25, 0.3) is 11.1 Å². The predicted octanol–water partition coefficient (Wildman–Crippen LogP) is 4.52. The van der Waals surface area contributed by atoms with Gasteiger partial charge in [0.15, 0.2) is 11.6 Å². The second-order valence-corrected chi connectivity index (χ2v) is 5.05. The van der Waals surface area contributed by atoms with Gasteiger partial charge in [-0.1, -0.05) is 71.4 Å². The average Bonchev–Trinajstić information content (AvgIpc) is 2.53. The SMILES string of the molecule is CCC(=O)c1ccc(-c2ccc(C(=O)CBr)cc2)cc1. The molecule has 0 spiro atoms. The van der Waals surface area contributed by atoms with Crippen LogP contribution in [0.4, 0.5) is 0 Å². The smallest absolute Gasteiger partial charge is 0.173 e. The van der Waals surface area contributed by atoms with Crippen molar-refractivity contribution >= 4 is 27.5 Å². The summed E-state index contributed by atoms with van der Waals surface area (Å²) in [7, 11) is 0. The maximum absolute atomic E-state index is 11.6. The molecule has 0 unspecified atom stereocenters. The third-order valence-corrected chi connectivity index (χ3v) is 3.70. The number of alkyl halides is 1. The van der Waals surface area contributed by atoms with Gasteiger partial charge in [0.1, 0.15) is 0 Å². The molecule has 0 aliphatic carbocycles. The van der Waals surface area contributed by atoms with Crippen LogP contribution < -0.4 is 0 Å². The zero-order chi connectivity index (χ0) is 14.5. The first kappa shape index (κ1) is 14.7. The van der Waals surface area contributed by atoms with Crippen molar-refractivity contribution in [2.45, 2.75) is 13.3 Å². The molecule has 3 heteroatoms. The van der Waals surface area contributed by atoms with E-state index in [-0.39, 0.29) is 11.6 Å². The molecule has 0 bridgehead atoms. The Morgan fingerprint density at radius 1 is 0.800 bits per heavy atom. The van der Waals surface area contributed by atoms with Crippen molar-refractivity contribution in [2.24, 2.45) is 0 Å². The van der Waals surface area contributed by atoms with Gasteiger partial charge in [-0.15, -0.1) is 0 Å². The molecular formula is C17H15BrO2. The molecule has 0 saturated heterocycles. The van der Waals surface area contributed by atoms with Crippen molar-refractivity contribution < 1.29 is 9.59 Å². The lowest BCUT2D eigenvalue weighted by atomic mass is 10.00. The molecule has 0 saturated carbocycles. The Morgan fingerprint density at radius 3 is 1.55 bits per heavy atom. The van der Waals surface area contributed by atoms with Gasteiger partial charge in [-0.2, -0.15) is 0 Å².